The van der Waals surface area contributed by atoms with E-state index in [4.69, 9.17) is 16.3 Å². The Morgan fingerprint density at radius 1 is 1.19 bits per heavy atom. The third-order valence-corrected chi connectivity index (χ3v) is 3.66. The molecule has 0 aliphatic heterocycles. The smallest absolute Gasteiger partial charge is 0.275 e. The van der Waals surface area contributed by atoms with Gasteiger partial charge in [0.15, 0.2) is 0 Å². The van der Waals surface area contributed by atoms with Gasteiger partial charge in [0.1, 0.15) is 11.5 Å². The average Bonchev–Trinajstić information content (AvgIpc) is 2.44. The van der Waals surface area contributed by atoms with E-state index in [0.717, 1.165) is 11.1 Å². The van der Waals surface area contributed by atoms with Gasteiger partial charge >= 0.3 is 0 Å². The molecule has 110 valence electrons. The van der Waals surface area contributed by atoms with Crippen molar-refractivity contribution in [1.29, 1.82) is 0 Å². The molecule has 0 aliphatic carbocycles. The Bertz CT molecular complexity index is 677. The standard InChI is InChI=1S/C15H14ClNO4/c1-9-5-13(6-10(2)15(9)16)21-12-3-4-14(17(19)20)11(7-12)8-18/h3-7,18H,8H2,1-2H3. The van der Waals surface area contributed by atoms with Crippen molar-refractivity contribution in [2.75, 3.05) is 0 Å². The summed E-state index contributed by atoms with van der Waals surface area (Å²) in [5.41, 5.74) is 1.85. The van der Waals surface area contributed by atoms with E-state index >= 15 is 0 Å². The molecule has 0 bridgehead atoms. The van der Waals surface area contributed by atoms with Crippen molar-refractivity contribution >= 4 is 17.3 Å². The molecule has 5 nitrogen and oxygen atoms in total. The molecule has 0 aromatic heterocycles. The van der Waals surface area contributed by atoms with Gasteiger partial charge in [0, 0.05) is 11.1 Å². The Labute approximate surface area is 126 Å². The number of nitro benzene ring substituents is 1. The van der Waals surface area contributed by atoms with Gasteiger partial charge in [0.05, 0.1) is 17.1 Å². The summed E-state index contributed by atoms with van der Waals surface area (Å²) in [5.74, 6) is 1.01. The highest BCUT2D eigenvalue weighted by molar-refractivity contribution is 6.32. The zero-order chi connectivity index (χ0) is 15.6. The highest BCUT2D eigenvalue weighted by atomic mass is 35.5. The van der Waals surface area contributed by atoms with E-state index in [-0.39, 0.29) is 11.3 Å². The third-order valence-electron chi connectivity index (χ3n) is 3.06. The van der Waals surface area contributed by atoms with E-state index in [1.807, 2.05) is 13.8 Å². The number of halogens is 1. The molecule has 6 heteroatoms. The molecular formula is C15H14ClNO4. The summed E-state index contributed by atoms with van der Waals surface area (Å²) in [6.45, 7) is 3.32. The molecule has 0 heterocycles. The van der Waals surface area contributed by atoms with Crippen LogP contribution in [-0.4, -0.2) is 10.0 Å². The third kappa shape index (κ3) is 3.32. The van der Waals surface area contributed by atoms with Crippen molar-refractivity contribution in [1.82, 2.24) is 0 Å². The van der Waals surface area contributed by atoms with Crippen LogP contribution in [0.4, 0.5) is 5.69 Å². The molecule has 0 saturated carbocycles. The molecule has 1 N–H and O–H groups in total. The fraction of sp³-hybridized carbons (Fsp3) is 0.200. The summed E-state index contributed by atoms with van der Waals surface area (Å²) in [4.78, 5) is 10.3. The van der Waals surface area contributed by atoms with E-state index in [1.54, 1.807) is 12.1 Å². The van der Waals surface area contributed by atoms with E-state index in [0.29, 0.717) is 16.5 Å². The number of ether oxygens (including phenoxy) is 1. The Morgan fingerprint density at radius 2 is 1.81 bits per heavy atom. The Hall–Kier alpha value is -2.11. The molecule has 0 atom stereocenters. The molecule has 2 aromatic carbocycles. The maximum atomic E-state index is 10.8. The van der Waals surface area contributed by atoms with Crippen LogP contribution in [0.1, 0.15) is 16.7 Å². The summed E-state index contributed by atoms with van der Waals surface area (Å²) in [6.07, 6.45) is 0. The first-order chi connectivity index (χ1) is 9.92. The molecule has 0 fully saturated rings. The number of hydrogen-bond donors (Lipinski definition) is 1. The molecule has 0 aliphatic rings. The minimum atomic E-state index is -0.536. The first-order valence-corrected chi connectivity index (χ1v) is 6.63. The number of rotatable bonds is 4. The van der Waals surface area contributed by atoms with Gasteiger partial charge in [-0.3, -0.25) is 10.1 Å². The summed E-state index contributed by atoms with van der Waals surface area (Å²) in [7, 11) is 0. The second-order valence-electron chi connectivity index (χ2n) is 4.68. The predicted molar refractivity (Wildman–Crippen MR) is 80.0 cm³/mol. The lowest BCUT2D eigenvalue weighted by Crippen LogP contribution is -1.96. The van der Waals surface area contributed by atoms with Crippen molar-refractivity contribution in [3.8, 4) is 11.5 Å². The first kappa shape index (κ1) is 15.3. The van der Waals surface area contributed by atoms with Gasteiger partial charge in [-0.1, -0.05) is 11.6 Å². The van der Waals surface area contributed by atoms with Gasteiger partial charge in [-0.2, -0.15) is 0 Å². The average molecular weight is 308 g/mol. The van der Waals surface area contributed by atoms with E-state index < -0.39 is 11.5 Å². The van der Waals surface area contributed by atoms with Crippen molar-refractivity contribution in [3.63, 3.8) is 0 Å². The van der Waals surface area contributed by atoms with Gasteiger partial charge in [-0.15, -0.1) is 0 Å². The number of aryl methyl sites for hydroxylation is 2. The van der Waals surface area contributed by atoms with Crippen LogP contribution in [-0.2, 0) is 6.61 Å². The summed E-state index contributed by atoms with van der Waals surface area (Å²) >= 11 is 6.09. The summed E-state index contributed by atoms with van der Waals surface area (Å²) < 4.78 is 5.68. The van der Waals surface area contributed by atoms with Crippen molar-refractivity contribution in [2.24, 2.45) is 0 Å². The molecule has 0 saturated heterocycles. The predicted octanol–water partition coefficient (Wildman–Crippen LogP) is 4.15. The highest BCUT2D eigenvalue weighted by Gasteiger charge is 2.14. The van der Waals surface area contributed by atoms with Crippen LogP contribution < -0.4 is 4.74 Å². The molecule has 0 spiro atoms. The fourth-order valence-electron chi connectivity index (χ4n) is 2.03. The number of nitrogens with zero attached hydrogens (tertiary/aromatic N) is 1. The molecule has 0 amide bonds. The molecule has 21 heavy (non-hydrogen) atoms. The Morgan fingerprint density at radius 3 is 2.33 bits per heavy atom. The lowest BCUT2D eigenvalue weighted by molar-refractivity contribution is -0.385. The van der Waals surface area contributed by atoms with Gasteiger partial charge < -0.3 is 9.84 Å². The SMILES string of the molecule is Cc1cc(Oc2ccc([N+](=O)[O-])c(CO)c2)cc(C)c1Cl. The van der Waals surface area contributed by atoms with Crippen LogP contribution in [0.15, 0.2) is 30.3 Å². The molecule has 2 rings (SSSR count). The minimum absolute atomic E-state index is 0.131. The number of benzene rings is 2. The van der Waals surface area contributed by atoms with Gasteiger partial charge in [0.2, 0.25) is 0 Å². The van der Waals surface area contributed by atoms with E-state index in [2.05, 4.69) is 0 Å². The number of hydrogen-bond acceptors (Lipinski definition) is 4. The van der Waals surface area contributed by atoms with Crippen LogP contribution in [0.5, 0.6) is 11.5 Å². The molecular weight excluding hydrogens is 294 g/mol. The zero-order valence-electron chi connectivity index (χ0n) is 11.6. The fourth-order valence-corrected chi connectivity index (χ4v) is 2.14. The van der Waals surface area contributed by atoms with Crippen LogP contribution in [0, 0.1) is 24.0 Å². The lowest BCUT2D eigenvalue weighted by atomic mass is 10.1. The maximum Gasteiger partial charge on any atom is 0.275 e. The quantitative estimate of drug-likeness (QED) is 0.680. The molecule has 0 radical (unpaired) electrons. The van der Waals surface area contributed by atoms with Crippen LogP contribution in [0.3, 0.4) is 0 Å². The lowest BCUT2D eigenvalue weighted by Gasteiger charge is -2.10. The number of nitro groups is 1. The molecule has 2 aromatic rings. The summed E-state index contributed by atoms with van der Waals surface area (Å²) in [5, 5.41) is 20.7. The first-order valence-electron chi connectivity index (χ1n) is 6.25. The Balaban J connectivity index is 2.34. The largest absolute Gasteiger partial charge is 0.457 e. The van der Waals surface area contributed by atoms with Gasteiger partial charge in [-0.05, 0) is 49.2 Å². The Kier molecular flexibility index (Phi) is 4.45. The number of aliphatic hydroxyl groups is 1. The van der Waals surface area contributed by atoms with Crippen LogP contribution in [0.2, 0.25) is 5.02 Å². The second-order valence-corrected chi connectivity index (χ2v) is 5.06. The van der Waals surface area contributed by atoms with Gasteiger partial charge in [-0.25, -0.2) is 0 Å². The molecule has 0 unspecified atom stereocenters. The van der Waals surface area contributed by atoms with Crippen molar-refractivity contribution in [3.05, 3.63) is 62.2 Å². The monoisotopic (exact) mass is 307 g/mol. The minimum Gasteiger partial charge on any atom is -0.457 e. The second kappa shape index (κ2) is 6.11. The number of aliphatic hydroxyl groups excluding tert-OH is 1. The summed E-state index contributed by atoms with van der Waals surface area (Å²) in [6, 6.07) is 7.84. The van der Waals surface area contributed by atoms with Crippen molar-refractivity contribution in [2.45, 2.75) is 20.5 Å². The van der Waals surface area contributed by atoms with Gasteiger partial charge in [0.25, 0.3) is 5.69 Å². The normalized spacial score (nSPS) is 10.5. The van der Waals surface area contributed by atoms with E-state index in [1.165, 1.54) is 18.2 Å². The topological polar surface area (TPSA) is 72.6 Å². The highest BCUT2D eigenvalue weighted by Crippen LogP contribution is 2.31. The van der Waals surface area contributed by atoms with Crippen molar-refractivity contribution < 1.29 is 14.8 Å². The van der Waals surface area contributed by atoms with Crippen LogP contribution >= 0.6 is 11.6 Å². The van der Waals surface area contributed by atoms with E-state index in [9.17, 15) is 15.2 Å². The van der Waals surface area contributed by atoms with Crippen LogP contribution in [0.25, 0.3) is 0 Å². The zero-order valence-corrected chi connectivity index (χ0v) is 12.3. The maximum absolute atomic E-state index is 10.8.